The summed E-state index contributed by atoms with van der Waals surface area (Å²) in [5.74, 6) is -0.545. The van der Waals surface area contributed by atoms with Gasteiger partial charge in [-0.2, -0.15) is 5.10 Å². The highest BCUT2D eigenvalue weighted by Gasteiger charge is 2.26. The number of halogens is 1. The molecule has 0 bridgehead atoms. The van der Waals surface area contributed by atoms with Crippen LogP contribution in [-0.2, 0) is 0 Å². The van der Waals surface area contributed by atoms with Crippen LogP contribution < -0.4 is 0 Å². The van der Waals surface area contributed by atoms with Crippen molar-refractivity contribution in [3.05, 3.63) is 77.4 Å². The van der Waals surface area contributed by atoms with Gasteiger partial charge in [-0.3, -0.25) is 0 Å². The van der Waals surface area contributed by atoms with E-state index in [9.17, 15) is 9.50 Å². The predicted octanol–water partition coefficient (Wildman–Crippen LogP) is 6.26. The van der Waals surface area contributed by atoms with Crippen molar-refractivity contribution in [1.29, 1.82) is 0 Å². The Morgan fingerprint density at radius 2 is 1.90 bits per heavy atom. The van der Waals surface area contributed by atoms with Crippen molar-refractivity contribution >= 4 is 16.6 Å². The number of hydrogen-bond donors (Lipinski definition) is 1. The normalized spacial score (nSPS) is 12.6. The predicted molar refractivity (Wildman–Crippen MR) is 115 cm³/mol. The molecular weight excluding hydrogens is 365 g/mol. The van der Waals surface area contributed by atoms with Gasteiger partial charge in [-0.15, -0.1) is 0 Å². The largest absolute Gasteiger partial charge is 0.512 e. The van der Waals surface area contributed by atoms with Crippen molar-refractivity contribution < 1.29 is 9.50 Å². The van der Waals surface area contributed by atoms with E-state index >= 15 is 0 Å². The van der Waals surface area contributed by atoms with Gasteiger partial charge >= 0.3 is 0 Å². The van der Waals surface area contributed by atoms with Crippen LogP contribution in [0.5, 0.6) is 0 Å². The molecule has 0 spiro atoms. The molecule has 0 saturated carbocycles. The van der Waals surface area contributed by atoms with Crippen LogP contribution in [0.4, 0.5) is 4.39 Å². The highest BCUT2D eigenvalue weighted by Crippen LogP contribution is 2.38. The molecule has 4 rings (SSSR count). The number of aromatic nitrogens is 3. The van der Waals surface area contributed by atoms with Gasteiger partial charge in [0.25, 0.3) is 0 Å². The first-order valence-corrected chi connectivity index (χ1v) is 9.84. The van der Waals surface area contributed by atoms with Crippen LogP contribution >= 0.6 is 0 Å². The van der Waals surface area contributed by atoms with E-state index in [0.717, 1.165) is 40.9 Å². The molecule has 0 aliphatic rings. The number of allylic oxidation sites excluding steroid dienone is 1. The Balaban J connectivity index is 2.16. The fraction of sp³-hybridized carbons (Fsp3) is 0.250. The van der Waals surface area contributed by atoms with Crippen molar-refractivity contribution in [2.45, 2.75) is 39.5 Å². The highest BCUT2D eigenvalue weighted by molar-refractivity contribution is 5.93. The molecule has 2 aromatic carbocycles. The first-order chi connectivity index (χ1) is 13.9. The number of fused-ring (bicyclic) bond motifs is 3. The average Bonchev–Trinajstić information content (AvgIpc) is 3.06. The number of rotatable bonds is 5. The molecule has 4 aromatic rings. The molecule has 0 fully saturated rings. The zero-order valence-electron chi connectivity index (χ0n) is 16.9. The topological polar surface area (TPSA) is 50.4 Å². The molecule has 1 unspecified atom stereocenters. The second kappa shape index (κ2) is 7.32. The number of aryl methyl sites for hydroxylation is 2. The van der Waals surface area contributed by atoms with Crippen LogP contribution in [0.2, 0.25) is 0 Å². The number of nitrogens with zero attached hydrogens (tertiary/aromatic N) is 3. The zero-order valence-corrected chi connectivity index (χ0v) is 16.9. The van der Waals surface area contributed by atoms with E-state index in [0.29, 0.717) is 16.6 Å². The fourth-order valence-corrected chi connectivity index (χ4v) is 4.00. The monoisotopic (exact) mass is 389 g/mol. The lowest BCUT2D eigenvalue weighted by atomic mass is 9.88. The van der Waals surface area contributed by atoms with Gasteiger partial charge in [-0.05, 0) is 32.4 Å². The quantitative estimate of drug-likeness (QED) is 0.410. The molecule has 2 aromatic heterocycles. The molecule has 0 radical (unpaired) electrons. The Morgan fingerprint density at radius 3 is 2.55 bits per heavy atom. The SMILES string of the molecule is C=C(O)C(CCC)c1c(C)nc2c3cccc(F)c3nn2c1-c1ccc(C)cc1. The third kappa shape index (κ3) is 3.16. The van der Waals surface area contributed by atoms with Crippen LogP contribution in [0.15, 0.2) is 54.8 Å². The first-order valence-electron chi connectivity index (χ1n) is 9.84. The van der Waals surface area contributed by atoms with E-state index in [1.807, 2.05) is 44.2 Å². The Labute approximate surface area is 169 Å². The van der Waals surface area contributed by atoms with Crippen molar-refractivity contribution in [3.8, 4) is 11.3 Å². The Hall–Kier alpha value is -3.21. The molecule has 29 heavy (non-hydrogen) atoms. The maximum atomic E-state index is 14.5. The van der Waals surface area contributed by atoms with Gasteiger partial charge in [0.1, 0.15) is 5.52 Å². The van der Waals surface area contributed by atoms with Crippen LogP contribution in [-0.4, -0.2) is 19.7 Å². The first kappa shape index (κ1) is 19.1. The van der Waals surface area contributed by atoms with Gasteiger partial charge in [0, 0.05) is 28.1 Å². The molecule has 1 N–H and O–H groups in total. The average molecular weight is 389 g/mol. The number of aliphatic hydroxyl groups excluding tert-OH is 1. The van der Waals surface area contributed by atoms with Gasteiger partial charge in [-0.1, -0.05) is 55.8 Å². The van der Waals surface area contributed by atoms with Crippen LogP contribution in [0, 0.1) is 19.7 Å². The molecular formula is C24H24FN3O. The standard InChI is InChI=1S/C24H24FN3O/c1-5-7-18(16(4)29)21-15(3)26-24-19-8-6-9-20(25)22(19)27-28(24)23(21)17-12-10-14(2)11-13-17/h6,8-13,18,29H,4-5,7H2,1-3H3. The maximum absolute atomic E-state index is 14.5. The number of aliphatic hydroxyl groups is 1. The minimum absolute atomic E-state index is 0.104. The van der Waals surface area contributed by atoms with E-state index in [4.69, 9.17) is 4.98 Å². The minimum Gasteiger partial charge on any atom is -0.512 e. The smallest absolute Gasteiger partial charge is 0.163 e. The summed E-state index contributed by atoms with van der Waals surface area (Å²) >= 11 is 0. The van der Waals surface area contributed by atoms with Crippen LogP contribution in [0.25, 0.3) is 27.8 Å². The lowest BCUT2D eigenvalue weighted by molar-refractivity contribution is 0.360. The summed E-state index contributed by atoms with van der Waals surface area (Å²) in [6.45, 7) is 9.85. The Bertz CT molecular complexity index is 1220. The summed E-state index contributed by atoms with van der Waals surface area (Å²) in [6, 6.07) is 13.0. The van der Waals surface area contributed by atoms with Gasteiger partial charge in [0.15, 0.2) is 11.5 Å². The third-order valence-electron chi connectivity index (χ3n) is 5.41. The highest BCUT2D eigenvalue weighted by atomic mass is 19.1. The maximum Gasteiger partial charge on any atom is 0.163 e. The van der Waals surface area contributed by atoms with E-state index < -0.39 is 0 Å². The van der Waals surface area contributed by atoms with Gasteiger partial charge in [0.2, 0.25) is 0 Å². The Kier molecular flexibility index (Phi) is 4.82. The summed E-state index contributed by atoms with van der Waals surface area (Å²) in [7, 11) is 0. The van der Waals surface area contributed by atoms with Gasteiger partial charge in [-0.25, -0.2) is 13.9 Å². The van der Waals surface area contributed by atoms with Crippen molar-refractivity contribution in [3.63, 3.8) is 0 Å². The third-order valence-corrected chi connectivity index (χ3v) is 5.41. The molecule has 148 valence electrons. The van der Waals surface area contributed by atoms with E-state index in [2.05, 4.69) is 18.6 Å². The molecule has 0 aliphatic carbocycles. The Morgan fingerprint density at radius 1 is 1.17 bits per heavy atom. The van der Waals surface area contributed by atoms with Crippen molar-refractivity contribution in [2.24, 2.45) is 0 Å². The zero-order chi connectivity index (χ0) is 20.7. The summed E-state index contributed by atoms with van der Waals surface area (Å²) in [4.78, 5) is 4.78. The summed E-state index contributed by atoms with van der Waals surface area (Å²) in [6.07, 6.45) is 1.61. The van der Waals surface area contributed by atoms with E-state index in [-0.39, 0.29) is 17.5 Å². The molecule has 4 nitrogen and oxygen atoms in total. The molecule has 2 heterocycles. The van der Waals surface area contributed by atoms with Crippen molar-refractivity contribution in [1.82, 2.24) is 14.6 Å². The second-order valence-electron chi connectivity index (χ2n) is 7.53. The molecule has 0 amide bonds. The second-order valence-corrected chi connectivity index (χ2v) is 7.53. The molecule has 5 heteroatoms. The minimum atomic E-state index is -0.376. The van der Waals surface area contributed by atoms with Crippen molar-refractivity contribution in [2.75, 3.05) is 0 Å². The lowest BCUT2D eigenvalue weighted by Gasteiger charge is -2.22. The lowest BCUT2D eigenvalue weighted by Crippen LogP contribution is -2.12. The van der Waals surface area contributed by atoms with Gasteiger partial charge in [0.05, 0.1) is 11.5 Å². The fourth-order valence-electron chi connectivity index (χ4n) is 4.00. The molecule has 1 atom stereocenters. The van der Waals surface area contributed by atoms with Crippen LogP contribution in [0.3, 0.4) is 0 Å². The summed E-state index contributed by atoms with van der Waals surface area (Å²) < 4.78 is 16.2. The molecule has 0 saturated heterocycles. The van der Waals surface area contributed by atoms with E-state index in [1.165, 1.54) is 6.07 Å². The van der Waals surface area contributed by atoms with Crippen LogP contribution in [0.1, 0.15) is 42.5 Å². The summed E-state index contributed by atoms with van der Waals surface area (Å²) in [5, 5.41) is 15.6. The number of benzene rings is 2. The number of hydrogen-bond acceptors (Lipinski definition) is 3. The van der Waals surface area contributed by atoms with E-state index in [1.54, 1.807) is 10.6 Å². The molecule has 0 aliphatic heterocycles. The summed E-state index contributed by atoms with van der Waals surface area (Å²) in [5.41, 5.74) is 5.46. The van der Waals surface area contributed by atoms with Gasteiger partial charge < -0.3 is 5.11 Å².